The number of aromatic nitrogens is 4. The quantitative estimate of drug-likeness (QED) is 0.631. The first-order valence-electron chi connectivity index (χ1n) is 7.86. The Morgan fingerprint density at radius 3 is 2.65 bits per heavy atom. The van der Waals surface area contributed by atoms with Crippen LogP contribution in [0, 0.1) is 13.8 Å². The third kappa shape index (κ3) is 2.43. The summed E-state index contributed by atoms with van der Waals surface area (Å²) in [5.41, 5.74) is 2.25. The molecule has 3 aliphatic rings. The minimum atomic E-state index is 0.507. The van der Waals surface area contributed by atoms with E-state index in [0.717, 1.165) is 35.6 Å². The molecule has 120 valence electrons. The number of hydrogen-bond donors (Lipinski definition) is 0. The van der Waals surface area contributed by atoms with Crippen molar-refractivity contribution >= 4 is 23.4 Å². The molecule has 3 fully saturated rings. The van der Waals surface area contributed by atoms with Gasteiger partial charge in [0.2, 0.25) is 0 Å². The van der Waals surface area contributed by atoms with Crippen LogP contribution < -0.4 is 9.80 Å². The minimum absolute atomic E-state index is 0.507. The Bertz CT molecular complexity index is 724. The SMILES string of the molecule is CSc1nccc(N2C3CC2CN(c2ncnc(C)c2C)C3)n1. The molecular weight excluding hydrogens is 308 g/mol. The first kappa shape index (κ1) is 14.7. The molecule has 2 atom stereocenters. The van der Waals surface area contributed by atoms with Gasteiger partial charge in [-0.05, 0) is 32.6 Å². The van der Waals surface area contributed by atoms with Crippen molar-refractivity contribution in [2.24, 2.45) is 0 Å². The Labute approximate surface area is 140 Å². The highest BCUT2D eigenvalue weighted by Crippen LogP contribution is 2.38. The van der Waals surface area contributed by atoms with Crippen LogP contribution in [0.1, 0.15) is 17.7 Å². The van der Waals surface area contributed by atoms with Crippen molar-refractivity contribution < 1.29 is 0 Å². The normalized spacial score (nSPS) is 22.9. The maximum atomic E-state index is 4.66. The van der Waals surface area contributed by atoms with Gasteiger partial charge in [0.25, 0.3) is 0 Å². The molecule has 3 saturated heterocycles. The number of aryl methyl sites for hydroxylation is 1. The number of anilines is 2. The molecule has 23 heavy (non-hydrogen) atoms. The standard InChI is InChI=1S/C16H20N6S/c1-10-11(2)18-9-19-15(10)21-7-12-6-13(8-21)22(12)14-4-5-17-16(20-14)23-3/h4-5,9,12-13H,6-8H2,1-3H3. The highest BCUT2D eigenvalue weighted by atomic mass is 32.2. The zero-order valence-corrected chi connectivity index (χ0v) is 14.4. The largest absolute Gasteiger partial charge is 0.352 e. The summed E-state index contributed by atoms with van der Waals surface area (Å²) in [5.74, 6) is 2.14. The van der Waals surface area contributed by atoms with Crippen LogP contribution in [0.4, 0.5) is 11.6 Å². The lowest BCUT2D eigenvalue weighted by Gasteiger charge is -2.57. The molecule has 5 rings (SSSR count). The van der Waals surface area contributed by atoms with Gasteiger partial charge in [0.1, 0.15) is 18.0 Å². The number of thioether (sulfide) groups is 1. The summed E-state index contributed by atoms with van der Waals surface area (Å²) in [6.45, 7) is 6.14. The maximum absolute atomic E-state index is 4.66. The number of fused-ring (bicyclic) bond motifs is 2. The van der Waals surface area contributed by atoms with Crippen molar-refractivity contribution in [3.63, 3.8) is 0 Å². The molecule has 2 bridgehead atoms. The molecule has 0 amide bonds. The molecule has 0 saturated carbocycles. The molecule has 0 N–H and O–H groups in total. The maximum Gasteiger partial charge on any atom is 0.189 e. The summed E-state index contributed by atoms with van der Waals surface area (Å²) < 4.78 is 0. The van der Waals surface area contributed by atoms with Crippen molar-refractivity contribution in [2.75, 3.05) is 29.1 Å². The van der Waals surface area contributed by atoms with Crippen LogP contribution in [0.2, 0.25) is 0 Å². The van der Waals surface area contributed by atoms with Crippen LogP contribution >= 0.6 is 11.8 Å². The monoisotopic (exact) mass is 328 g/mol. The Hall–Kier alpha value is -1.89. The van der Waals surface area contributed by atoms with Crippen molar-refractivity contribution in [3.8, 4) is 0 Å². The smallest absolute Gasteiger partial charge is 0.189 e. The Morgan fingerprint density at radius 1 is 1.13 bits per heavy atom. The van der Waals surface area contributed by atoms with E-state index >= 15 is 0 Å². The lowest BCUT2D eigenvalue weighted by atomic mass is 9.87. The van der Waals surface area contributed by atoms with Crippen LogP contribution in [-0.4, -0.2) is 51.4 Å². The Kier molecular flexibility index (Phi) is 3.60. The topological polar surface area (TPSA) is 58.0 Å². The zero-order valence-electron chi connectivity index (χ0n) is 13.6. The molecule has 0 aromatic carbocycles. The van der Waals surface area contributed by atoms with E-state index < -0.39 is 0 Å². The number of hydrogen-bond acceptors (Lipinski definition) is 7. The zero-order chi connectivity index (χ0) is 16.0. The average Bonchev–Trinajstić information content (AvgIpc) is 2.57. The van der Waals surface area contributed by atoms with Gasteiger partial charge in [-0.2, -0.15) is 0 Å². The number of piperazine rings is 1. The van der Waals surface area contributed by atoms with Crippen LogP contribution in [0.25, 0.3) is 0 Å². The molecule has 2 aromatic heterocycles. The first-order valence-corrected chi connectivity index (χ1v) is 9.08. The number of piperidine rings is 1. The summed E-state index contributed by atoms with van der Waals surface area (Å²) in [4.78, 5) is 22.6. The van der Waals surface area contributed by atoms with Crippen LogP contribution in [0.3, 0.4) is 0 Å². The predicted octanol–water partition coefficient (Wildman–Crippen LogP) is 2.07. The summed E-state index contributed by atoms with van der Waals surface area (Å²) in [5, 5.41) is 0.839. The van der Waals surface area contributed by atoms with E-state index in [1.807, 2.05) is 25.4 Å². The summed E-state index contributed by atoms with van der Waals surface area (Å²) in [7, 11) is 0. The van der Waals surface area contributed by atoms with Gasteiger partial charge in [0, 0.05) is 30.5 Å². The van der Waals surface area contributed by atoms with E-state index in [1.165, 1.54) is 12.0 Å². The highest BCUT2D eigenvalue weighted by Gasteiger charge is 2.46. The number of nitrogens with zero attached hydrogens (tertiary/aromatic N) is 6. The van der Waals surface area contributed by atoms with Gasteiger partial charge >= 0.3 is 0 Å². The fraction of sp³-hybridized carbons (Fsp3) is 0.500. The van der Waals surface area contributed by atoms with Crippen molar-refractivity contribution in [2.45, 2.75) is 37.5 Å². The van der Waals surface area contributed by atoms with Crippen LogP contribution in [0.5, 0.6) is 0 Å². The van der Waals surface area contributed by atoms with Gasteiger partial charge in [-0.3, -0.25) is 0 Å². The van der Waals surface area contributed by atoms with E-state index in [4.69, 9.17) is 0 Å². The van der Waals surface area contributed by atoms with Crippen molar-refractivity contribution in [3.05, 3.63) is 29.8 Å². The van der Waals surface area contributed by atoms with E-state index in [9.17, 15) is 0 Å². The van der Waals surface area contributed by atoms with Crippen molar-refractivity contribution in [1.82, 2.24) is 19.9 Å². The second-order valence-electron chi connectivity index (χ2n) is 6.16. The van der Waals surface area contributed by atoms with Gasteiger partial charge < -0.3 is 9.80 Å². The molecule has 7 heteroatoms. The molecule has 0 aliphatic carbocycles. The molecule has 6 nitrogen and oxygen atoms in total. The van der Waals surface area contributed by atoms with Crippen LogP contribution in [-0.2, 0) is 0 Å². The number of rotatable bonds is 3. The van der Waals surface area contributed by atoms with E-state index in [-0.39, 0.29) is 0 Å². The third-order valence-corrected chi connectivity index (χ3v) is 5.43. The Balaban J connectivity index is 1.55. The molecule has 0 radical (unpaired) electrons. The van der Waals surface area contributed by atoms with E-state index in [0.29, 0.717) is 12.1 Å². The van der Waals surface area contributed by atoms with Crippen LogP contribution in [0.15, 0.2) is 23.7 Å². The van der Waals surface area contributed by atoms with E-state index in [1.54, 1.807) is 18.1 Å². The molecule has 2 aromatic rings. The average molecular weight is 328 g/mol. The molecule has 3 aliphatic heterocycles. The summed E-state index contributed by atoms with van der Waals surface area (Å²) in [6.07, 6.45) is 6.78. The van der Waals surface area contributed by atoms with Gasteiger partial charge in [0.05, 0.1) is 12.1 Å². The lowest BCUT2D eigenvalue weighted by molar-refractivity contribution is 0.287. The molecule has 0 spiro atoms. The molecule has 5 heterocycles. The summed E-state index contributed by atoms with van der Waals surface area (Å²) >= 11 is 1.59. The lowest BCUT2D eigenvalue weighted by Crippen LogP contribution is -2.69. The fourth-order valence-electron chi connectivity index (χ4n) is 3.58. The second kappa shape index (κ2) is 5.63. The predicted molar refractivity (Wildman–Crippen MR) is 92.2 cm³/mol. The van der Waals surface area contributed by atoms with Gasteiger partial charge in [-0.25, -0.2) is 19.9 Å². The van der Waals surface area contributed by atoms with Gasteiger partial charge in [-0.15, -0.1) is 0 Å². The Morgan fingerprint density at radius 2 is 1.91 bits per heavy atom. The van der Waals surface area contributed by atoms with E-state index in [2.05, 4.69) is 36.7 Å². The van der Waals surface area contributed by atoms with Gasteiger partial charge in [-0.1, -0.05) is 11.8 Å². The highest BCUT2D eigenvalue weighted by molar-refractivity contribution is 7.98. The van der Waals surface area contributed by atoms with Gasteiger partial charge in [0.15, 0.2) is 5.16 Å². The first-order chi connectivity index (χ1) is 11.2. The fourth-order valence-corrected chi connectivity index (χ4v) is 3.93. The molecular formula is C16H20N6S. The second-order valence-corrected chi connectivity index (χ2v) is 6.94. The van der Waals surface area contributed by atoms with Crippen molar-refractivity contribution in [1.29, 1.82) is 0 Å². The third-order valence-electron chi connectivity index (χ3n) is 4.87. The molecule has 2 unspecified atom stereocenters. The minimum Gasteiger partial charge on any atom is -0.352 e. The summed E-state index contributed by atoms with van der Waals surface area (Å²) in [6, 6.07) is 3.04.